The Morgan fingerprint density at radius 2 is 2.40 bits per heavy atom. The third kappa shape index (κ3) is 4.44. The topological polar surface area (TPSA) is 32.3 Å². The zero-order valence-corrected chi connectivity index (χ0v) is 10.1. The van der Waals surface area contributed by atoms with E-state index in [9.17, 15) is 4.79 Å². The number of hydrogen-bond acceptors (Lipinski definition) is 3. The summed E-state index contributed by atoms with van der Waals surface area (Å²) in [6.45, 7) is 4.08. The Balaban J connectivity index is 2.23. The molecule has 0 aromatic carbocycles. The van der Waals surface area contributed by atoms with Crippen molar-refractivity contribution in [3.05, 3.63) is 22.4 Å². The van der Waals surface area contributed by atoms with E-state index in [2.05, 4.69) is 16.8 Å². The quantitative estimate of drug-likeness (QED) is 0.794. The first-order chi connectivity index (χ1) is 7.24. The SMILES string of the molecule is CCNCC(=O)N(C)CCc1cccs1. The highest BCUT2D eigenvalue weighted by molar-refractivity contribution is 7.09. The molecule has 0 aliphatic rings. The van der Waals surface area contributed by atoms with Gasteiger partial charge in [0, 0.05) is 18.5 Å². The van der Waals surface area contributed by atoms with Crippen molar-refractivity contribution < 1.29 is 4.79 Å². The second kappa shape index (κ2) is 6.58. The van der Waals surface area contributed by atoms with E-state index < -0.39 is 0 Å². The zero-order chi connectivity index (χ0) is 11.1. The molecule has 1 rings (SSSR count). The van der Waals surface area contributed by atoms with Crippen LogP contribution in [0.1, 0.15) is 11.8 Å². The van der Waals surface area contributed by atoms with Gasteiger partial charge in [-0.1, -0.05) is 13.0 Å². The van der Waals surface area contributed by atoms with E-state index >= 15 is 0 Å². The lowest BCUT2D eigenvalue weighted by Crippen LogP contribution is -2.36. The average molecular weight is 226 g/mol. The van der Waals surface area contributed by atoms with E-state index in [1.165, 1.54) is 4.88 Å². The molecule has 1 aromatic heterocycles. The van der Waals surface area contributed by atoms with Crippen LogP contribution in [0.4, 0.5) is 0 Å². The van der Waals surface area contributed by atoms with Crippen LogP contribution in [-0.2, 0) is 11.2 Å². The van der Waals surface area contributed by atoms with Crippen LogP contribution < -0.4 is 5.32 Å². The van der Waals surface area contributed by atoms with Gasteiger partial charge in [0.2, 0.25) is 5.91 Å². The summed E-state index contributed by atoms with van der Waals surface area (Å²) in [5.74, 6) is 0.161. The molecule has 1 N–H and O–H groups in total. The van der Waals surface area contributed by atoms with Gasteiger partial charge in [-0.25, -0.2) is 0 Å². The number of nitrogens with one attached hydrogen (secondary N) is 1. The molecule has 0 unspecified atom stereocenters. The first-order valence-corrected chi connectivity index (χ1v) is 6.09. The van der Waals surface area contributed by atoms with E-state index in [4.69, 9.17) is 0 Å². The minimum atomic E-state index is 0.161. The molecule has 4 heteroatoms. The van der Waals surface area contributed by atoms with Gasteiger partial charge in [0.1, 0.15) is 0 Å². The molecule has 0 aliphatic carbocycles. The number of rotatable bonds is 6. The fraction of sp³-hybridized carbons (Fsp3) is 0.545. The molecule has 1 amide bonds. The maximum atomic E-state index is 11.5. The molecule has 0 spiro atoms. The second-order valence-corrected chi connectivity index (χ2v) is 4.46. The monoisotopic (exact) mass is 226 g/mol. The van der Waals surface area contributed by atoms with Gasteiger partial charge in [-0.15, -0.1) is 11.3 Å². The van der Waals surface area contributed by atoms with Gasteiger partial charge in [0.25, 0.3) is 0 Å². The minimum absolute atomic E-state index is 0.161. The molecule has 0 saturated heterocycles. The van der Waals surface area contributed by atoms with Crippen molar-refractivity contribution in [2.75, 3.05) is 26.7 Å². The van der Waals surface area contributed by atoms with Crippen molar-refractivity contribution in [1.82, 2.24) is 10.2 Å². The highest BCUT2D eigenvalue weighted by Gasteiger charge is 2.07. The minimum Gasteiger partial charge on any atom is -0.344 e. The summed E-state index contributed by atoms with van der Waals surface area (Å²) < 4.78 is 0. The first kappa shape index (κ1) is 12.2. The summed E-state index contributed by atoms with van der Waals surface area (Å²) in [6.07, 6.45) is 0.950. The summed E-state index contributed by atoms with van der Waals surface area (Å²) in [4.78, 5) is 14.6. The summed E-state index contributed by atoms with van der Waals surface area (Å²) >= 11 is 1.74. The molecule has 15 heavy (non-hydrogen) atoms. The molecule has 0 fully saturated rings. The van der Waals surface area contributed by atoms with Crippen LogP contribution in [0.3, 0.4) is 0 Å². The third-order valence-corrected chi connectivity index (χ3v) is 3.16. The average Bonchev–Trinajstić information content (AvgIpc) is 2.75. The Bertz CT molecular complexity index is 285. The maximum absolute atomic E-state index is 11.5. The highest BCUT2D eigenvalue weighted by Crippen LogP contribution is 2.09. The van der Waals surface area contributed by atoms with E-state index in [0.717, 1.165) is 19.5 Å². The predicted molar refractivity (Wildman–Crippen MR) is 64.2 cm³/mol. The number of hydrogen-bond donors (Lipinski definition) is 1. The van der Waals surface area contributed by atoms with Crippen molar-refractivity contribution in [3.8, 4) is 0 Å². The van der Waals surface area contributed by atoms with Crippen LogP contribution in [0.5, 0.6) is 0 Å². The molecule has 0 bridgehead atoms. The third-order valence-electron chi connectivity index (χ3n) is 2.23. The molecule has 0 atom stereocenters. The Morgan fingerprint density at radius 3 is 3.00 bits per heavy atom. The molecular weight excluding hydrogens is 208 g/mol. The van der Waals surface area contributed by atoms with Crippen LogP contribution in [0.15, 0.2) is 17.5 Å². The van der Waals surface area contributed by atoms with Crippen LogP contribution in [0.25, 0.3) is 0 Å². The van der Waals surface area contributed by atoms with Crippen molar-refractivity contribution in [3.63, 3.8) is 0 Å². The number of thiophene rings is 1. The fourth-order valence-corrected chi connectivity index (χ4v) is 1.92. The van der Waals surface area contributed by atoms with Gasteiger partial charge in [-0.3, -0.25) is 4.79 Å². The zero-order valence-electron chi connectivity index (χ0n) is 9.32. The standard InChI is InChI=1S/C11H18N2OS/c1-3-12-9-11(14)13(2)7-6-10-5-4-8-15-10/h4-5,8,12H,3,6-7,9H2,1-2H3. The van der Waals surface area contributed by atoms with Gasteiger partial charge < -0.3 is 10.2 Å². The number of likely N-dealkylation sites (N-methyl/N-ethyl adjacent to an activating group) is 2. The van der Waals surface area contributed by atoms with E-state index in [0.29, 0.717) is 6.54 Å². The second-order valence-electron chi connectivity index (χ2n) is 3.42. The lowest BCUT2D eigenvalue weighted by atomic mass is 10.3. The van der Waals surface area contributed by atoms with Crippen LogP contribution in [0.2, 0.25) is 0 Å². The van der Waals surface area contributed by atoms with Gasteiger partial charge in [-0.05, 0) is 24.4 Å². The first-order valence-electron chi connectivity index (χ1n) is 5.21. The summed E-state index contributed by atoms with van der Waals surface area (Å²) in [7, 11) is 1.85. The summed E-state index contributed by atoms with van der Waals surface area (Å²) in [5, 5.41) is 5.10. The molecular formula is C11H18N2OS. The van der Waals surface area contributed by atoms with Gasteiger partial charge >= 0.3 is 0 Å². The summed E-state index contributed by atoms with van der Waals surface area (Å²) in [5.41, 5.74) is 0. The number of amides is 1. The number of carbonyl (C=O) groups is 1. The largest absolute Gasteiger partial charge is 0.344 e. The molecule has 0 saturated carbocycles. The van der Waals surface area contributed by atoms with Crippen molar-refractivity contribution >= 4 is 17.2 Å². The van der Waals surface area contributed by atoms with Gasteiger partial charge in [-0.2, -0.15) is 0 Å². The van der Waals surface area contributed by atoms with Crippen molar-refractivity contribution in [2.24, 2.45) is 0 Å². The predicted octanol–water partition coefficient (Wildman–Crippen LogP) is 1.36. The Labute approximate surface area is 95.1 Å². The van der Waals surface area contributed by atoms with Gasteiger partial charge in [0.05, 0.1) is 6.54 Å². The van der Waals surface area contributed by atoms with E-state index in [1.54, 1.807) is 16.2 Å². The number of carbonyl (C=O) groups excluding carboxylic acids is 1. The lowest BCUT2D eigenvalue weighted by molar-refractivity contribution is -0.128. The Kier molecular flexibility index (Phi) is 5.36. The van der Waals surface area contributed by atoms with Crippen LogP contribution in [-0.4, -0.2) is 37.5 Å². The van der Waals surface area contributed by atoms with E-state index in [1.807, 2.05) is 20.0 Å². The van der Waals surface area contributed by atoms with Crippen LogP contribution >= 0.6 is 11.3 Å². The lowest BCUT2D eigenvalue weighted by Gasteiger charge is -2.16. The van der Waals surface area contributed by atoms with Crippen molar-refractivity contribution in [2.45, 2.75) is 13.3 Å². The number of nitrogens with zero attached hydrogens (tertiary/aromatic N) is 1. The molecule has 0 radical (unpaired) electrons. The normalized spacial score (nSPS) is 10.3. The van der Waals surface area contributed by atoms with Crippen molar-refractivity contribution in [1.29, 1.82) is 0 Å². The summed E-state index contributed by atoms with van der Waals surface area (Å²) in [6, 6.07) is 4.15. The Morgan fingerprint density at radius 1 is 1.60 bits per heavy atom. The molecule has 3 nitrogen and oxygen atoms in total. The molecule has 84 valence electrons. The molecule has 1 aromatic rings. The Hall–Kier alpha value is -0.870. The smallest absolute Gasteiger partial charge is 0.236 e. The van der Waals surface area contributed by atoms with Crippen LogP contribution in [0, 0.1) is 0 Å². The highest BCUT2D eigenvalue weighted by atomic mass is 32.1. The maximum Gasteiger partial charge on any atom is 0.236 e. The molecule has 0 aliphatic heterocycles. The van der Waals surface area contributed by atoms with Gasteiger partial charge in [0.15, 0.2) is 0 Å². The fourth-order valence-electron chi connectivity index (χ4n) is 1.22. The van der Waals surface area contributed by atoms with E-state index in [-0.39, 0.29) is 5.91 Å². The molecule has 1 heterocycles.